The molecule has 0 saturated carbocycles. The summed E-state index contributed by atoms with van der Waals surface area (Å²) >= 11 is 0. The number of fused-ring (bicyclic) bond motifs is 1. The predicted octanol–water partition coefficient (Wildman–Crippen LogP) is 3.43. The highest BCUT2D eigenvalue weighted by atomic mass is 28.4. The van der Waals surface area contributed by atoms with Crippen molar-refractivity contribution in [3.63, 3.8) is 0 Å². The first kappa shape index (κ1) is 25.5. The van der Waals surface area contributed by atoms with Crippen molar-refractivity contribution < 1.29 is 18.7 Å². The quantitative estimate of drug-likeness (QED) is 0.584. The highest BCUT2D eigenvalue weighted by molar-refractivity contribution is 6.74. The molecule has 3 heterocycles. The maximum absolute atomic E-state index is 12.6. The van der Waals surface area contributed by atoms with E-state index in [9.17, 15) is 9.59 Å². The third-order valence-electron chi connectivity index (χ3n) is 6.67. The summed E-state index contributed by atoms with van der Waals surface area (Å²) in [7, 11) is -0.471. The van der Waals surface area contributed by atoms with Crippen LogP contribution in [0.3, 0.4) is 0 Å². The van der Waals surface area contributed by atoms with Crippen LogP contribution in [0.2, 0.25) is 18.1 Å². The number of methoxy groups -OCH3 is 1. The zero-order valence-electron chi connectivity index (χ0n) is 21.1. The fraction of sp³-hybridized carbons (Fsp3) is 0.727. The Morgan fingerprint density at radius 1 is 1.33 bits per heavy atom. The first-order valence-corrected chi connectivity index (χ1v) is 14.3. The second kappa shape index (κ2) is 9.28. The summed E-state index contributed by atoms with van der Waals surface area (Å²) in [5, 5.41) is 2.68. The fourth-order valence-corrected chi connectivity index (χ4v) is 4.92. The molecule has 1 aliphatic heterocycles. The number of hydrogen-bond acceptors (Lipinski definition) is 7. The minimum absolute atomic E-state index is 0.0295. The van der Waals surface area contributed by atoms with Crippen LogP contribution < -0.4 is 10.9 Å². The lowest BCUT2D eigenvalue weighted by Gasteiger charge is -2.40. The van der Waals surface area contributed by atoms with Crippen molar-refractivity contribution in [1.29, 1.82) is 0 Å². The number of ether oxygens (including phenoxy) is 2. The van der Waals surface area contributed by atoms with Gasteiger partial charge in [0.15, 0.2) is 25.7 Å². The van der Waals surface area contributed by atoms with Crippen LogP contribution in [0.15, 0.2) is 11.1 Å². The number of aromatic amines is 1. The lowest BCUT2D eigenvalue weighted by atomic mass is 10.1. The van der Waals surface area contributed by atoms with Gasteiger partial charge in [-0.05, 0) is 24.6 Å². The van der Waals surface area contributed by atoms with Gasteiger partial charge in [0.25, 0.3) is 5.56 Å². The molecule has 1 saturated heterocycles. The van der Waals surface area contributed by atoms with Crippen molar-refractivity contribution in [2.45, 2.75) is 90.6 Å². The number of amides is 1. The molecule has 1 fully saturated rings. The number of carbonyl (C=O) groups is 1. The molecule has 3 rings (SSSR count). The van der Waals surface area contributed by atoms with E-state index < -0.39 is 26.2 Å². The SMILES string of the molecule is CC[C@H]1O[C@@H](n2cnc3c(=O)[nH]c(NC(=O)C(C)C)nc32)[C@@H](OC)C1O[Si](C)(C)C(C)(C)C. The monoisotopic (exact) mass is 479 g/mol. The van der Waals surface area contributed by atoms with Crippen molar-refractivity contribution in [1.82, 2.24) is 19.5 Å². The molecule has 2 aromatic rings. The molecule has 0 aliphatic carbocycles. The summed E-state index contributed by atoms with van der Waals surface area (Å²) in [4.78, 5) is 36.0. The van der Waals surface area contributed by atoms with Crippen LogP contribution in [-0.2, 0) is 18.7 Å². The number of carbonyl (C=O) groups excluding carboxylic acids is 1. The molecule has 11 heteroatoms. The van der Waals surface area contributed by atoms with Crippen LogP contribution in [0, 0.1) is 5.92 Å². The van der Waals surface area contributed by atoms with E-state index in [-0.39, 0.29) is 40.5 Å². The Balaban J connectivity index is 2.01. The van der Waals surface area contributed by atoms with Crippen LogP contribution in [0.4, 0.5) is 5.95 Å². The predicted molar refractivity (Wildman–Crippen MR) is 129 cm³/mol. The fourth-order valence-electron chi connectivity index (χ4n) is 3.60. The highest BCUT2D eigenvalue weighted by Gasteiger charge is 2.50. The van der Waals surface area contributed by atoms with Crippen LogP contribution in [0.1, 0.15) is 54.2 Å². The normalized spacial score (nSPS) is 24.1. The number of aromatic nitrogens is 4. The van der Waals surface area contributed by atoms with Gasteiger partial charge in [0.1, 0.15) is 12.2 Å². The van der Waals surface area contributed by atoms with E-state index in [0.29, 0.717) is 5.65 Å². The van der Waals surface area contributed by atoms with E-state index in [1.54, 1.807) is 25.5 Å². The van der Waals surface area contributed by atoms with Crippen LogP contribution in [0.25, 0.3) is 11.2 Å². The molecule has 184 valence electrons. The van der Waals surface area contributed by atoms with Crippen LogP contribution >= 0.6 is 0 Å². The topological polar surface area (TPSA) is 120 Å². The molecule has 1 unspecified atom stereocenters. The first-order valence-electron chi connectivity index (χ1n) is 11.4. The number of anilines is 1. The van der Waals surface area contributed by atoms with Crippen LogP contribution in [0.5, 0.6) is 0 Å². The van der Waals surface area contributed by atoms with Crippen molar-refractivity contribution >= 4 is 31.3 Å². The maximum Gasteiger partial charge on any atom is 0.280 e. The van der Waals surface area contributed by atoms with Gasteiger partial charge >= 0.3 is 0 Å². The molecule has 0 bridgehead atoms. The number of hydrogen-bond donors (Lipinski definition) is 2. The number of rotatable bonds is 7. The van der Waals surface area contributed by atoms with E-state index in [0.717, 1.165) is 6.42 Å². The van der Waals surface area contributed by atoms with Gasteiger partial charge in [0, 0.05) is 13.0 Å². The van der Waals surface area contributed by atoms with Gasteiger partial charge in [-0.1, -0.05) is 41.5 Å². The Bertz CT molecular complexity index is 1060. The molecule has 0 spiro atoms. The second-order valence-corrected chi connectivity index (χ2v) is 15.2. The number of nitrogens with one attached hydrogen (secondary N) is 2. The van der Waals surface area contributed by atoms with Gasteiger partial charge in [-0.25, -0.2) is 4.98 Å². The first-order chi connectivity index (χ1) is 15.3. The Kier molecular flexibility index (Phi) is 7.18. The minimum Gasteiger partial charge on any atom is -0.408 e. The van der Waals surface area contributed by atoms with Gasteiger partial charge in [0.2, 0.25) is 11.9 Å². The standard InChI is InChI=1S/C22H37N5O5Si/c1-10-13-15(32-33(8,9)22(4,5)6)16(30-7)20(31-13)27-11-23-14-17(27)24-21(26-19(14)29)25-18(28)12(2)3/h11-13,15-16,20H,10H2,1-9H3,(H2,24,25,26,28,29)/t13-,15?,16+,20-/m1/s1. The van der Waals surface area contributed by atoms with Gasteiger partial charge in [0.05, 0.1) is 12.4 Å². The molecule has 4 atom stereocenters. The summed E-state index contributed by atoms with van der Waals surface area (Å²) in [6.45, 7) is 16.6. The molecule has 2 N–H and O–H groups in total. The zero-order chi connectivity index (χ0) is 24.7. The highest BCUT2D eigenvalue weighted by Crippen LogP contribution is 2.42. The average Bonchev–Trinajstić information content (AvgIpc) is 3.27. The molecule has 1 aliphatic rings. The lowest BCUT2D eigenvalue weighted by Crippen LogP contribution is -2.49. The summed E-state index contributed by atoms with van der Waals surface area (Å²) in [6.07, 6.45) is 0.809. The summed E-state index contributed by atoms with van der Waals surface area (Å²) in [5.41, 5.74) is 0.0383. The van der Waals surface area contributed by atoms with Crippen molar-refractivity contribution in [3.8, 4) is 0 Å². The molecule has 10 nitrogen and oxygen atoms in total. The Morgan fingerprint density at radius 3 is 2.55 bits per heavy atom. The summed E-state index contributed by atoms with van der Waals surface area (Å²) < 4.78 is 20.7. The molecule has 0 radical (unpaired) electrons. The maximum atomic E-state index is 12.6. The van der Waals surface area contributed by atoms with E-state index in [2.05, 4.69) is 61.1 Å². The van der Waals surface area contributed by atoms with E-state index in [1.165, 1.54) is 6.33 Å². The summed E-state index contributed by atoms with van der Waals surface area (Å²) in [5.74, 6) is -0.434. The second-order valence-electron chi connectivity index (χ2n) is 10.4. The van der Waals surface area contributed by atoms with Gasteiger partial charge in [-0.2, -0.15) is 4.98 Å². The van der Waals surface area contributed by atoms with Gasteiger partial charge in [-0.3, -0.25) is 24.5 Å². The Morgan fingerprint density at radius 2 is 2.00 bits per heavy atom. The number of nitrogens with zero attached hydrogens (tertiary/aromatic N) is 3. The minimum atomic E-state index is -2.10. The molecular formula is C22H37N5O5Si. The van der Waals surface area contributed by atoms with E-state index in [1.807, 2.05) is 0 Å². The molecule has 0 aromatic carbocycles. The number of imidazole rings is 1. The van der Waals surface area contributed by atoms with E-state index >= 15 is 0 Å². The van der Waals surface area contributed by atoms with Crippen molar-refractivity contribution in [2.24, 2.45) is 5.92 Å². The Hall–Kier alpha value is -2.08. The molecule has 1 amide bonds. The zero-order valence-corrected chi connectivity index (χ0v) is 22.1. The lowest BCUT2D eigenvalue weighted by molar-refractivity contribution is -0.118. The third-order valence-corrected chi connectivity index (χ3v) is 11.1. The third kappa shape index (κ3) is 4.91. The van der Waals surface area contributed by atoms with Gasteiger partial charge in [-0.15, -0.1) is 0 Å². The smallest absolute Gasteiger partial charge is 0.280 e. The average molecular weight is 480 g/mol. The largest absolute Gasteiger partial charge is 0.408 e. The number of H-pyrrole nitrogens is 1. The summed E-state index contributed by atoms with van der Waals surface area (Å²) in [6, 6.07) is 0. The van der Waals surface area contributed by atoms with Crippen molar-refractivity contribution in [3.05, 3.63) is 16.7 Å². The Labute approximate surface area is 195 Å². The molecular weight excluding hydrogens is 442 g/mol. The molecule has 33 heavy (non-hydrogen) atoms. The van der Waals surface area contributed by atoms with Crippen molar-refractivity contribution in [2.75, 3.05) is 12.4 Å². The molecule has 2 aromatic heterocycles. The van der Waals surface area contributed by atoms with Gasteiger partial charge < -0.3 is 13.9 Å². The van der Waals surface area contributed by atoms with E-state index in [4.69, 9.17) is 13.9 Å². The van der Waals surface area contributed by atoms with Crippen LogP contribution in [-0.4, -0.2) is 59.2 Å².